The van der Waals surface area contributed by atoms with Crippen LogP contribution in [0.1, 0.15) is 33.4 Å². The molecule has 4 unspecified atom stereocenters. The zero-order valence-corrected chi connectivity index (χ0v) is 11.4. The van der Waals surface area contributed by atoms with Crippen molar-refractivity contribution in [3.05, 3.63) is 11.8 Å². The Hall–Kier alpha value is -1.36. The molecule has 4 atom stereocenters. The Morgan fingerprint density at radius 3 is 2.67 bits per heavy atom. The summed E-state index contributed by atoms with van der Waals surface area (Å²) in [6.45, 7) is 8.06. The van der Waals surface area contributed by atoms with E-state index in [2.05, 4.69) is 22.4 Å². The number of carbonyl (C=O) groups excluding carboxylic acids is 1. The molecule has 1 aliphatic heterocycles. The Morgan fingerprint density at radius 1 is 1.44 bits per heavy atom. The summed E-state index contributed by atoms with van der Waals surface area (Å²) in [6.07, 6.45) is 0.958. The van der Waals surface area contributed by atoms with Crippen LogP contribution in [0.3, 0.4) is 0 Å². The van der Waals surface area contributed by atoms with E-state index in [0.717, 1.165) is 12.1 Å². The van der Waals surface area contributed by atoms with Gasteiger partial charge in [-0.05, 0) is 26.2 Å². The molecular weight excluding hydrogens is 230 g/mol. The van der Waals surface area contributed by atoms with E-state index in [4.69, 9.17) is 4.74 Å². The lowest BCUT2D eigenvalue weighted by Gasteiger charge is -2.16. The van der Waals surface area contributed by atoms with Gasteiger partial charge in [-0.3, -0.25) is 9.89 Å². The third kappa shape index (κ3) is 2.41. The number of aromatic nitrogens is 2. The second-order valence-corrected chi connectivity index (χ2v) is 5.05. The molecule has 0 bridgehead atoms. The van der Waals surface area contributed by atoms with Crippen LogP contribution in [0.15, 0.2) is 6.07 Å². The molecular formula is C13H21N3O2. The van der Waals surface area contributed by atoms with E-state index in [1.807, 2.05) is 26.8 Å². The van der Waals surface area contributed by atoms with E-state index in [1.165, 1.54) is 0 Å². The van der Waals surface area contributed by atoms with E-state index >= 15 is 0 Å². The number of hydrogen-bond donors (Lipinski definition) is 2. The summed E-state index contributed by atoms with van der Waals surface area (Å²) < 4.78 is 5.68. The number of ether oxygens (including phenoxy) is 1. The summed E-state index contributed by atoms with van der Waals surface area (Å²) in [5.74, 6) is 0.704. The average Bonchev–Trinajstić information content (AvgIpc) is 2.85. The van der Waals surface area contributed by atoms with E-state index < -0.39 is 0 Å². The molecule has 5 heteroatoms. The standard InChI is InChI=1S/C13H21N3O2/c1-5-10-6-11(16-15-10)14-13(17)12-7(2)8(3)18-9(12)4/h6-9,12H,5H2,1-4H3,(H2,14,15,16,17). The van der Waals surface area contributed by atoms with Crippen LogP contribution in [0, 0.1) is 11.8 Å². The van der Waals surface area contributed by atoms with Crippen molar-refractivity contribution in [1.29, 1.82) is 0 Å². The zero-order valence-electron chi connectivity index (χ0n) is 11.4. The van der Waals surface area contributed by atoms with E-state index in [0.29, 0.717) is 5.82 Å². The SMILES string of the molecule is CCc1cc(NC(=O)C2C(C)OC(C)C2C)n[nH]1. The van der Waals surface area contributed by atoms with Crippen LogP contribution < -0.4 is 5.32 Å². The lowest BCUT2D eigenvalue weighted by molar-refractivity contribution is -0.122. The molecule has 0 aromatic carbocycles. The van der Waals surface area contributed by atoms with Gasteiger partial charge in [-0.25, -0.2) is 0 Å². The quantitative estimate of drug-likeness (QED) is 0.863. The maximum atomic E-state index is 12.2. The molecule has 18 heavy (non-hydrogen) atoms. The summed E-state index contributed by atoms with van der Waals surface area (Å²) in [6, 6.07) is 1.87. The molecule has 1 saturated heterocycles. The number of nitrogens with zero attached hydrogens (tertiary/aromatic N) is 1. The van der Waals surface area contributed by atoms with Crippen LogP contribution in [-0.4, -0.2) is 28.3 Å². The van der Waals surface area contributed by atoms with Gasteiger partial charge in [0, 0.05) is 11.8 Å². The highest BCUT2D eigenvalue weighted by Gasteiger charge is 2.41. The fourth-order valence-electron chi connectivity index (χ4n) is 2.53. The first-order valence-corrected chi connectivity index (χ1v) is 6.53. The highest BCUT2D eigenvalue weighted by atomic mass is 16.5. The molecule has 1 aliphatic rings. The first-order valence-electron chi connectivity index (χ1n) is 6.53. The van der Waals surface area contributed by atoms with Gasteiger partial charge in [-0.15, -0.1) is 0 Å². The molecule has 2 N–H and O–H groups in total. The number of carbonyl (C=O) groups is 1. The summed E-state index contributed by atoms with van der Waals surface area (Å²) >= 11 is 0. The molecule has 1 amide bonds. The molecule has 0 radical (unpaired) electrons. The van der Waals surface area contributed by atoms with Gasteiger partial charge in [-0.1, -0.05) is 13.8 Å². The molecule has 1 fully saturated rings. The molecule has 5 nitrogen and oxygen atoms in total. The third-order valence-corrected chi connectivity index (χ3v) is 3.81. The monoisotopic (exact) mass is 251 g/mol. The molecule has 100 valence electrons. The van der Waals surface area contributed by atoms with Crippen molar-refractivity contribution in [2.75, 3.05) is 5.32 Å². The Kier molecular flexibility index (Phi) is 3.71. The highest BCUT2D eigenvalue weighted by molar-refractivity contribution is 5.92. The molecule has 0 aliphatic carbocycles. The fraction of sp³-hybridized carbons (Fsp3) is 0.692. The van der Waals surface area contributed by atoms with E-state index in [-0.39, 0.29) is 30.0 Å². The molecule has 1 aromatic rings. The minimum absolute atomic E-state index is 0.00602. The topological polar surface area (TPSA) is 67.0 Å². The van der Waals surface area contributed by atoms with Crippen LogP contribution in [-0.2, 0) is 16.0 Å². The van der Waals surface area contributed by atoms with Crippen molar-refractivity contribution in [2.45, 2.75) is 46.3 Å². The van der Waals surface area contributed by atoms with Gasteiger partial charge in [0.2, 0.25) is 5.91 Å². The van der Waals surface area contributed by atoms with E-state index in [9.17, 15) is 4.79 Å². The van der Waals surface area contributed by atoms with Crippen LogP contribution in [0.4, 0.5) is 5.82 Å². The van der Waals surface area contributed by atoms with Crippen molar-refractivity contribution in [3.63, 3.8) is 0 Å². The normalized spacial score (nSPS) is 31.6. The molecule has 0 saturated carbocycles. The van der Waals surface area contributed by atoms with Crippen molar-refractivity contribution in [1.82, 2.24) is 10.2 Å². The van der Waals surface area contributed by atoms with Gasteiger partial charge in [0.05, 0.1) is 18.1 Å². The first kappa shape index (κ1) is 13.1. The number of hydrogen-bond acceptors (Lipinski definition) is 3. The van der Waals surface area contributed by atoms with Gasteiger partial charge in [0.1, 0.15) is 0 Å². The van der Waals surface area contributed by atoms with E-state index in [1.54, 1.807) is 0 Å². The maximum absolute atomic E-state index is 12.2. The molecule has 0 spiro atoms. The average molecular weight is 251 g/mol. The third-order valence-electron chi connectivity index (χ3n) is 3.81. The Balaban J connectivity index is 2.03. The fourth-order valence-corrected chi connectivity index (χ4v) is 2.53. The zero-order chi connectivity index (χ0) is 13.3. The van der Waals surface area contributed by atoms with Gasteiger partial charge in [0.25, 0.3) is 0 Å². The van der Waals surface area contributed by atoms with Gasteiger partial charge in [0.15, 0.2) is 5.82 Å². The van der Waals surface area contributed by atoms with Crippen LogP contribution in [0.5, 0.6) is 0 Å². The van der Waals surface area contributed by atoms with Crippen LogP contribution in [0.2, 0.25) is 0 Å². The number of rotatable bonds is 3. The summed E-state index contributed by atoms with van der Waals surface area (Å²) in [5, 5.41) is 9.82. The Bertz CT molecular complexity index is 430. The van der Waals surface area contributed by atoms with Gasteiger partial charge >= 0.3 is 0 Å². The Labute approximate surface area is 107 Å². The van der Waals surface area contributed by atoms with Crippen LogP contribution >= 0.6 is 0 Å². The Morgan fingerprint density at radius 2 is 2.17 bits per heavy atom. The lowest BCUT2D eigenvalue weighted by Crippen LogP contribution is -2.32. The van der Waals surface area contributed by atoms with Gasteiger partial charge < -0.3 is 10.1 Å². The maximum Gasteiger partial charge on any atom is 0.231 e. The molecule has 2 heterocycles. The van der Waals surface area contributed by atoms with Crippen LogP contribution in [0.25, 0.3) is 0 Å². The van der Waals surface area contributed by atoms with Crippen molar-refractivity contribution in [3.8, 4) is 0 Å². The summed E-state index contributed by atoms with van der Waals surface area (Å²) in [4.78, 5) is 12.2. The largest absolute Gasteiger partial charge is 0.374 e. The number of anilines is 1. The molecule has 1 aromatic heterocycles. The first-order chi connectivity index (χ1) is 8.52. The van der Waals surface area contributed by atoms with Gasteiger partial charge in [-0.2, -0.15) is 5.10 Å². The second kappa shape index (κ2) is 5.10. The highest BCUT2D eigenvalue weighted by Crippen LogP contribution is 2.32. The number of aromatic amines is 1. The minimum Gasteiger partial charge on any atom is -0.374 e. The summed E-state index contributed by atoms with van der Waals surface area (Å²) in [7, 11) is 0. The number of H-pyrrole nitrogens is 1. The summed E-state index contributed by atoms with van der Waals surface area (Å²) in [5.41, 5.74) is 1.02. The second-order valence-electron chi connectivity index (χ2n) is 5.05. The smallest absolute Gasteiger partial charge is 0.231 e. The predicted octanol–water partition coefficient (Wildman–Crippen LogP) is 1.97. The lowest BCUT2D eigenvalue weighted by atomic mass is 9.89. The predicted molar refractivity (Wildman–Crippen MR) is 69.3 cm³/mol. The van der Waals surface area contributed by atoms with Crippen molar-refractivity contribution < 1.29 is 9.53 Å². The minimum atomic E-state index is -0.109. The number of nitrogens with one attached hydrogen (secondary N) is 2. The number of aryl methyl sites for hydroxylation is 1. The molecule has 2 rings (SSSR count). The number of amides is 1. The van der Waals surface area contributed by atoms with Crippen molar-refractivity contribution >= 4 is 11.7 Å². The van der Waals surface area contributed by atoms with Crippen molar-refractivity contribution in [2.24, 2.45) is 11.8 Å².